The van der Waals surface area contributed by atoms with Gasteiger partial charge in [0.1, 0.15) is 0 Å². The zero-order valence-electron chi connectivity index (χ0n) is 11.1. The first-order valence-corrected chi connectivity index (χ1v) is 6.57. The molecule has 0 spiro atoms. The predicted octanol–water partition coefficient (Wildman–Crippen LogP) is 1.51. The first-order chi connectivity index (χ1) is 9.06. The number of hydrogen-bond acceptors (Lipinski definition) is 3. The fourth-order valence-electron chi connectivity index (χ4n) is 2.27. The van der Waals surface area contributed by atoms with E-state index in [1.165, 1.54) is 0 Å². The van der Waals surface area contributed by atoms with Gasteiger partial charge in [-0.15, -0.1) is 0 Å². The molecular formula is C15H20N2O2. The molecule has 1 aromatic carbocycles. The lowest BCUT2D eigenvalue weighted by Gasteiger charge is -2.33. The quantitative estimate of drug-likeness (QED) is 0.625. The zero-order chi connectivity index (χ0) is 13.8. The number of carbonyl (C=O) groups is 1. The van der Waals surface area contributed by atoms with Gasteiger partial charge in [-0.1, -0.05) is 19.1 Å². The number of likely N-dealkylation sites (tertiary alicyclic amines) is 1. The van der Waals surface area contributed by atoms with Crippen LogP contribution in [0.4, 0.5) is 5.69 Å². The van der Waals surface area contributed by atoms with Crippen molar-refractivity contribution in [3.05, 3.63) is 35.9 Å². The standard InChI is InChI=1S/C15H20N2O2/c1-11-10-17(8-7-14(11)18)15(19)6-5-12-3-2-4-13(16)9-12/h2-6,9,11,14,18H,7-8,10,16H2,1H3/b6-5+. The molecule has 2 unspecified atom stereocenters. The van der Waals surface area contributed by atoms with Crippen LogP contribution in [-0.2, 0) is 4.79 Å². The highest BCUT2D eigenvalue weighted by atomic mass is 16.3. The Balaban J connectivity index is 1.97. The maximum Gasteiger partial charge on any atom is 0.246 e. The van der Waals surface area contributed by atoms with Crippen LogP contribution < -0.4 is 5.73 Å². The van der Waals surface area contributed by atoms with E-state index >= 15 is 0 Å². The maximum absolute atomic E-state index is 12.0. The summed E-state index contributed by atoms with van der Waals surface area (Å²) >= 11 is 0. The third kappa shape index (κ3) is 3.58. The van der Waals surface area contributed by atoms with Gasteiger partial charge in [0.15, 0.2) is 0 Å². The summed E-state index contributed by atoms with van der Waals surface area (Å²) in [4.78, 5) is 13.8. The maximum atomic E-state index is 12.0. The van der Waals surface area contributed by atoms with E-state index < -0.39 is 0 Å². The van der Waals surface area contributed by atoms with Crippen molar-refractivity contribution in [2.75, 3.05) is 18.8 Å². The topological polar surface area (TPSA) is 66.6 Å². The SMILES string of the molecule is CC1CN(C(=O)/C=C/c2cccc(N)c2)CCC1O. The number of nitrogen functional groups attached to an aromatic ring is 1. The van der Waals surface area contributed by atoms with E-state index in [2.05, 4.69) is 0 Å². The average Bonchev–Trinajstić information content (AvgIpc) is 2.39. The van der Waals surface area contributed by atoms with E-state index in [0.29, 0.717) is 25.2 Å². The Labute approximate surface area is 113 Å². The van der Waals surface area contributed by atoms with Crippen molar-refractivity contribution in [1.29, 1.82) is 0 Å². The number of aliphatic hydroxyl groups is 1. The number of nitrogens with zero attached hydrogens (tertiary/aromatic N) is 1. The molecule has 0 bridgehead atoms. The van der Waals surface area contributed by atoms with Gasteiger partial charge in [0.05, 0.1) is 6.10 Å². The number of rotatable bonds is 2. The molecule has 1 fully saturated rings. The van der Waals surface area contributed by atoms with Crippen LogP contribution >= 0.6 is 0 Å². The summed E-state index contributed by atoms with van der Waals surface area (Å²) in [6.07, 6.45) is 3.70. The molecule has 4 heteroatoms. The molecule has 1 aliphatic heterocycles. The van der Waals surface area contributed by atoms with Crippen molar-refractivity contribution >= 4 is 17.7 Å². The van der Waals surface area contributed by atoms with Gasteiger partial charge in [-0.3, -0.25) is 4.79 Å². The average molecular weight is 260 g/mol. The van der Waals surface area contributed by atoms with E-state index in [1.807, 2.05) is 31.2 Å². The van der Waals surface area contributed by atoms with Crippen molar-refractivity contribution in [3.63, 3.8) is 0 Å². The molecule has 0 aromatic heterocycles. The van der Waals surface area contributed by atoms with Crippen LogP contribution in [0.5, 0.6) is 0 Å². The van der Waals surface area contributed by atoms with Gasteiger partial charge in [0.25, 0.3) is 0 Å². The van der Waals surface area contributed by atoms with Gasteiger partial charge >= 0.3 is 0 Å². The number of hydrogen-bond donors (Lipinski definition) is 2. The molecule has 102 valence electrons. The number of aliphatic hydroxyl groups excluding tert-OH is 1. The number of benzene rings is 1. The highest BCUT2D eigenvalue weighted by molar-refractivity contribution is 5.92. The molecule has 1 amide bonds. The fourth-order valence-corrected chi connectivity index (χ4v) is 2.27. The minimum atomic E-state index is -0.290. The molecule has 1 heterocycles. The molecule has 1 saturated heterocycles. The molecule has 0 saturated carbocycles. The molecule has 2 rings (SSSR count). The van der Waals surface area contributed by atoms with Gasteiger partial charge in [-0.05, 0) is 36.1 Å². The number of nitrogens with two attached hydrogens (primary N) is 1. The highest BCUT2D eigenvalue weighted by Gasteiger charge is 2.25. The van der Waals surface area contributed by atoms with Gasteiger partial charge < -0.3 is 15.7 Å². The first kappa shape index (κ1) is 13.6. The van der Waals surface area contributed by atoms with Crippen molar-refractivity contribution in [1.82, 2.24) is 4.90 Å². The van der Waals surface area contributed by atoms with Crippen LogP contribution in [-0.4, -0.2) is 35.1 Å². The van der Waals surface area contributed by atoms with E-state index in [0.717, 1.165) is 5.56 Å². The first-order valence-electron chi connectivity index (χ1n) is 6.57. The Kier molecular flexibility index (Phi) is 4.22. The van der Waals surface area contributed by atoms with Crippen LogP contribution in [0.3, 0.4) is 0 Å². The Morgan fingerprint density at radius 3 is 3.00 bits per heavy atom. The number of amides is 1. The summed E-state index contributed by atoms with van der Waals surface area (Å²) in [6, 6.07) is 7.40. The van der Waals surface area contributed by atoms with Crippen LogP contribution in [0.15, 0.2) is 30.3 Å². The lowest BCUT2D eigenvalue weighted by atomic mass is 9.97. The largest absolute Gasteiger partial charge is 0.399 e. The minimum absolute atomic E-state index is 0.0128. The van der Waals surface area contributed by atoms with Crippen LogP contribution in [0.1, 0.15) is 18.9 Å². The smallest absolute Gasteiger partial charge is 0.246 e. The second kappa shape index (κ2) is 5.89. The second-order valence-corrected chi connectivity index (χ2v) is 5.12. The Bertz CT molecular complexity index is 485. The molecule has 4 nitrogen and oxygen atoms in total. The number of carbonyl (C=O) groups excluding carboxylic acids is 1. The summed E-state index contributed by atoms with van der Waals surface area (Å²) in [5.74, 6) is 0.125. The molecule has 1 aliphatic rings. The number of piperidine rings is 1. The van der Waals surface area contributed by atoms with Crippen LogP contribution in [0, 0.1) is 5.92 Å². The molecule has 0 aliphatic carbocycles. The molecule has 1 aromatic rings. The van der Waals surface area contributed by atoms with Crippen molar-refractivity contribution < 1.29 is 9.90 Å². The monoisotopic (exact) mass is 260 g/mol. The highest BCUT2D eigenvalue weighted by Crippen LogP contribution is 2.17. The van der Waals surface area contributed by atoms with E-state index in [-0.39, 0.29) is 17.9 Å². The molecule has 19 heavy (non-hydrogen) atoms. The van der Waals surface area contributed by atoms with Crippen molar-refractivity contribution in [2.24, 2.45) is 5.92 Å². The van der Waals surface area contributed by atoms with Crippen molar-refractivity contribution in [3.8, 4) is 0 Å². The van der Waals surface area contributed by atoms with E-state index in [9.17, 15) is 9.90 Å². The van der Waals surface area contributed by atoms with E-state index in [4.69, 9.17) is 5.73 Å². The fraction of sp³-hybridized carbons (Fsp3) is 0.400. The Morgan fingerprint density at radius 1 is 1.53 bits per heavy atom. The molecular weight excluding hydrogens is 240 g/mol. The summed E-state index contributed by atoms with van der Waals surface area (Å²) < 4.78 is 0. The molecule has 0 radical (unpaired) electrons. The third-order valence-corrected chi connectivity index (χ3v) is 3.50. The lowest BCUT2D eigenvalue weighted by molar-refractivity contribution is -0.129. The second-order valence-electron chi connectivity index (χ2n) is 5.12. The number of anilines is 1. The lowest BCUT2D eigenvalue weighted by Crippen LogP contribution is -2.44. The van der Waals surface area contributed by atoms with Crippen LogP contribution in [0.2, 0.25) is 0 Å². The summed E-state index contributed by atoms with van der Waals surface area (Å²) in [6.45, 7) is 3.19. The molecule has 3 N–H and O–H groups in total. The minimum Gasteiger partial charge on any atom is -0.399 e. The predicted molar refractivity (Wildman–Crippen MR) is 76.3 cm³/mol. The van der Waals surface area contributed by atoms with Crippen LogP contribution in [0.25, 0.3) is 6.08 Å². The Morgan fingerprint density at radius 2 is 2.32 bits per heavy atom. The summed E-state index contributed by atoms with van der Waals surface area (Å²) in [5.41, 5.74) is 7.28. The molecule has 2 atom stereocenters. The third-order valence-electron chi connectivity index (χ3n) is 3.50. The summed E-state index contributed by atoms with van der Waals surface area (Å²) in [5, 5.41) is 9.65. The zero-order valence-corrected chi connectivity index (χ0v) is 11.1. The Hall–Kier alpha value is -1.81. The van der Waals surface area contributed by atoms with Gasteiger partial charge in [0.2, 0.25) is 5.91 Å². The normalized spacial score (nSPS) is 23.8. The van der Waals surface area contributed by atoms with E-state index in [1.54, 1.807) is 17.1 Å². The van der Waals surface area contributed by atoms with Gasteiger partial charge in [0, 0.05) is 24.9 Å². The summed E-state index contributed by atoms with van der Waals surface area (Å²) in [7, 11) is 0. The van der Waals surface area contributed by atoms with Gasteiger partial charge in [-0.2, -0.15) is 0 Å². The van der Waals surface area contributed by atoms with Crippen molar-refractivity contribution in [2.45, 2.75) is 19.4 Å². The van der Waals surface area contributed by atoms with Gasteiger partial charge in [-0.25, -0.2) is 0 Å².